The number of hydrogen-bond acceptors (Lipinski definition) is 0. The quantitative estimate of drug-likeness (QED) is 0.578. The molecule has 0 aliphatic heterocycles. The molecule has 0 aromatic heterocycles. The van der Waals surface area contributed by atoms with E-state index in [-0.39, 0.29) is 0 Å². The molecule has 0 bridgehead atoms. The van der Waals surface area contributed by atoms with E-state index in [0.29, 0.717) is 0 Å². The maximum atomic E-state index is 2.30. The summed E-state index contributed by atoms with van der Waals surface area (Å²) in [6.07, 6.45) is 2.30. The number of benzene rings is 2. The van der Waals surface area contributed by atoms with E-state index in [1.54, 1.807) is 0 Å². The van der Waals surface area contributed by atoms with Crippen molar-refractivity contribution in [3.63, 3.8) is 0 Å². The van der Waals surface area contributed by atoms with Gasteiger partial charge in [-0.05, 0) is 0 Å². The van der Waals surface area contributed by atoms with Crippen LogP contribution < -0.4 is 5.22 Å². The van der Waals surface area contributed by atoms with Crippen LogP contribution in [0.3, 0.4) is 0 Å². The second-order valence-corrected chi connectivity index (χ2v) is 4.82. The van der Waals surface area contributed by atoms with Gasteiger partial charge in [-0.3, -0.25) is 0 Å². The zero-order valence-electron chi connectivity index (χ0n) is 7.62. The van der Waals surface area contributed by atoms with Gasteiger partial charge in [0.15, 0.2) is 0 Å². The molecule has 0 saturated carbocycles. The second-order valence-electron chi connectivity index (χ2n) is 3.50. The van der Waals surface area contributed by atoms with Gasteiger partial charge < -0.3 is 0 Å². The standard InChI is InChI=1S/C13H8.Zr/c1-3-7-12-10(5-1)9-11-6-2-4-8-13(11)12;/h1-5,7-9H;/q;+2. The molecule has 3 rings (SSSR count). The first kappa shape index (κ1) is 8.50. The molecule has 0 spiro atoms. The Morgan fingerprint density at radius 2 is 1.57 bits per heavy atom. The Labute approximate surface area is 97.2 Å². The molecule has 0 fully saturated rings. The van der Waals surface area contributed by atoms with Crippen LogP contribution in [0.5, 0.6) is 0 Å². The van der Waals surface area contributed by atoms with Crippen molar-refractivity contribution in [3.8, 4) is 11.1 Å². The summed E-state index contributed by atoms with van der Waals surface area (Å²) in [6, 6.07) is 15.2. The van der Waals surface area contributed by atoms with Gasteiger partial charge in [0, 0.05) is 0 Å². The van der Waals surface area contributed by atoms with Gasteiger partial charge >= 0.3 is 97.5 Å². The molecule has 1 heteroatoms. The van der Waals surface area contributed by atoms with Crippen molar-refractivity contribution in [1.82, 2.24) is 0 Å². The molecule has 2 aromatic rings. The molecule has 0 nitrogen and oxygen atoms in total. The van der Waals surface area contributed by atoms with E-state index in [4.69, 9.17) is 0 Å². The van der Waals surface area contributed by atoms with Crippen LogP contribution in [0.4, 0.5) is 0 Å². The molecule has 62 valence electrons. The first-order valence-electron chi connectivity index (χ1n) is 4.65. The number of fused-ring (bicyclic) bond motifs is 3. The molecule has 0 N–H and O–H groups in total. The molecule has 0 saturated heterocycles. The van der Waals surface area contributed by atoms with Crippen molar-refractivity contribution in [1.29, 1.82) is 0 Å². The van der Waals surface area contributed by atoms with Gasteiger partial charge in [-0.1, -0.05) is 0 Å². The van der Waals surface area contributed by atoms with Crippen molar-refractivity contribution in [2.24, 2.45) is 0 Å². The van der Waals surface area contributed by atoms with Gasteiger partial charge in [-0.25, -0.2) is 0 Å². The first-order valence-corrected chi connectivity index (χ1v) is 5.88. The van der Waals surface area contributed by atoms with Crippen LogP contribution in [0.1, 0.15) is 5.56 Å². The van der Waals surface area contributed by atoms with E-state index in [1.165, 1.54) is 49.0 Å². The minimum absolute atomic E-state index is 1.36. The van der Waals surface area contributed by atoms with Crippen molar-refractivity contribution in [2.75, 3.05) is 0 Å². The average Bonchev–Trinajstić information content (AvgIpc) is 2.59. The van der Waals surface area contributed by atoms with Crippen molar-refractivity contribution < 1.29 is 24.2 Å². The zero-order valence-corrected chi connectivity index (χ0v) is 10.1. The molecule has 1 aliphatic rings. The molecule has 0 amide bonds. The van der Waals surface area contributed by atoms with Gasteiger partial charge in [0.2, 0.25) is 0 Å². The van der Waals surface area contributed by atoms with Crippen LogP contribution in [0.15, 0.2) is 42.5 Å². The molecule has 1 aliphatic carbocycles. The van der Waals surface area contributed by atoms with Crippen molar-refractivity contribution >= 4 is 6.08 Å². The number of rotatable bonds is 0. The average molecular weight is 255 g/mol. The van der Waals surface area contributed by atoms with Crippen LogP contribution in [0, 0.1) is 2.85 Å². The Kier molecular flexibility index (Phi) is 1.88. The van der Waals surface area contributed by atoms with Crippen molar-refractivity contribution in [3.05, 3.63) is 56.1 Å². The summed E-state index contributed by atoms with van der Waals surface area (Å²) in [5.74, 6) is 0. The Bertz CT molecular complexity index is 611. The van der Waals surface area contributed by atoms with Crippen LogP contribution >= 0.6 is 0 Å². The monoisotopic (exact) mass is 254 g/mol. The van der Waals surface area contributed by atoms with Crippen molar-refractivity contribution in [2.45, 2.75) is 0 Å². The van der Waals surface area contributed by atoms with Gasteiger partial charge in [-0.15, -0.1) is 0 Å². The van der Waals surface area contributed by atoms with E-state index in [9.17, 15) is 0 Å². The van der Waals surface area contributed by atoms with Crippen LogP contribution in [0.2, 0.25) is 0 Å². The molecule has 0 heterocycles. The topological polar surface area (TPSA) is 0 Å². The van der Waals surface area contributed by atoms with Crippen LogP contribution in [-0.2, 0) is 24.2 Å². The summed E-state index contributed by atoms with van der Waals surface area (Å²) in [5.41, 5.74) is 4.14. The summed E-state index contributed by atoms with van der Waals surface area (Å²) in [6.45, 7) is 0. The fourth-order valence-corrected chi connectivity index (χ4v) is 2.72. The third-order valence-corrected chi connectivity index (χ3v) is 3.73. The molecule has 2 aromatic carbocycles. The summed E-state index contributed by atoms with van der Waals surface area (Å²) < 4.78 is 1.45. The Morgan fingerprint density at radius 1 is 0.786 bits per heavy atom. The van der Waals surface area contributed by atoms with E-state index in [2.05, 4.69) is 48.5 Å². The van der Waals surface area contributed by atoms with E-state index >= 15 is 0 Å². The van der Waals surface area contributed by atoms with Crippen LogP contribution in [0.25, 0.3) is 17.2 Å². The van der Waals surface area contributed by atoms with Gasteiger partial charge in [0.25, 0.3) is 0 Å². The molecular weight excluding hydrogens is 247 g/mol. The summed E-state index contributed by atoms with van der Waals surface area (Å²) in [7, 11) is 0. The molecular formula is C13H8Zr+2. The minimum atomic E-state index is 1.36. The van der Waals surface area contributed by atoms with Gasteiger partial charge in [-0.2, -0.15) is 0 Å². The fourth-order valence-electron chi connectivity index (χ4n) is 1.98. The predicted octanol–water partition coefficient (Wildman–Crippen LogP) is 2.29. The van der Waals surface area contributed by atoms with E-state index < -0.39 is 0 Å². The van der Waals surface area contributed by atoms with Gasteiger partial charge in [0.05, 0.1) is 0 Å². The SMILES string of the molecule is [Zr+2]=[c]1cccc2c1=Cc1ccccc1-2. The predicted molar refractivity (Wildman–Crippen MR) is 53.9 cm³/mol. The Hall–Kier alpha value is -0.807. The normalized spacial score (nSPS) is 11.9. The first-order chi connectivity index (χ1) is 6.86. The zero-order chi connectivity index (χ0) is 9.54. The van der Waals surface area contributed by atoms with Crippen LogP contribution in [-0.4, -0.2) is 0 Å². The second kappa shape index (κ2) is 3.10. The third kappa shape index (κ3) is 1.12. The number of hydrogen-bond donors (Lipinski definition) is 0. The fraction of sp³-hybridized carbons (Fsp3) is 0. The summed E-state index contributed by atoms with van der Waals surface area (Å²) >= 11 is 1.49. The Morgan fingerprint density at radius 3 is 2.50 bits per heavy atom. The van der Waals surface area contributed by atoms with E-state index in [1.807, 2.05) is 0 Å². The third-order valence-electron chi connectivity index (χ3n) is 2.66. The Balaban J connectivity index is 2.51. The van der Waals surface area contributed by atoms with Gasteiger partial charge in [0.1, 0.15) is 0 Å². The molecule has 14 heavy (non-hydrogen) atoms. The maximum absolute atomic E-state index is 2.30. The molecule has 0 unspecified atom stereocenters. The molecule has 0 atom stereocenters. The summed E-state index contributed by atoms with van der Waals surface area (Å²) in [4.78, 5) is 0. The summed E-state index contributed by atoms with van der Waals surface area (Å²) in [5, 5.41) is 1.42. The molecule has 0 radical (unpaired) electrons. The van der Waals surface area contributed by atoms with E-state index in [0.717, 1.165) is 0 Å².